The number of anilines is 1. The number of aromatic nitrogens is 2. The van der Waals surface area contributed by atoms with Gasteiger partial charge in [0.2, 0.25) is 5.91 Å². The van der Waals surface area contributed by atoms with E-state index in [1.807, 2.05) is 0 Å². The van der Waals surface area contributed by atoms with Crippen molar-refractivity contribution in [3.8, 4) is 0 Å². The molecule has 1 aromatic carbocycles. The van der Waals surface area contributed by atoms with Gasteiger partial charge in [0, 0.05) is 19.3 Å². The third-order valence-electron chi connectivity index (χ3n) is 4.43. The summed E-state index contributed by atoms with van der Waals surface area (Å²) in [5.74, 6) is 0.221. The monoisotopic (exact) mass is 396 g/mol. The highest BCUT2D eigenvalue weighted by atomic mass is 35.5. The van der Waals surface area contributed by atoms with Crippen LogP contribution >= 0.6 is 11.6 Å². The summed E-state index contributed by atoms with van der Waals surface area (Å²) in [6, 6.07) is 6.91. The lowest BCUT2D eigenvalue weighted by Gasteiger charge is -2.28. The van der Waals surface area contributed by atoms with Crippen LogP contribution in [0.5, 0.6) is 0 Å². The predicted octanol–water partition coefficient (Wildman–Crippen LogP) is 2.60. The highest BCUT2D eigenvalue weighted by molar-refractivity contribution is 7.89. The number of piperidine rings is 1. The van der Waals surface area contributed by atoms with Crippen molar-refractivity contribution < 1.29 is 13.2 Å². The molecular formula is C17H21ClN4O3S. The number of nitrogens with zero attached hydrogens (tertiary/aromatic N) is 3. The van der Waals surface area contributed by atoms with E-state index in [-0.39, 0.29) is 17.5 Å². The first kappa shape index (κ1) is 18.9. The van der Waals surface area contributed by atoms with Crippen molar-refractivity contribution in [2.75, 3.05) is 18.4 Å². The number of nitrogens with one attached hydrogen (secondary N) is 1. The van der Waals surface area contributed by atoms with Crippen molar-refractivity contribution in [1.82, 2.24) is 13.9 Å². The van der Waals surface area contributed by atoms with Gasteiger partial charge in [-0.25, -0.2) is 13.4 Å². The van der Waals surface area contributed by atoms with Gasteiger partial charge in [0.15, 0.2) is 5.03 Å². The largest absolute Gasteiger partial charge is 0.327 e. The van der Waals surface area contributed by atoms with Crippen molar-refractivity contribution in [3.63, 3.8) is 0 Å². The minimum absolute atomic E-state index is 0.0300. The van der Waals surface area contributed by atoms with E-state index in [4.69, 9.17) is 11.6 Å². The number of sulfonamides is 1. The molecule has 1 N–H and O–H groups in total. The second kappa shape index (κ2) is 7.77. The molecular weight excluding hydrogens is 376 g/mol. The number of hydrogen-bond donors (Lipinski definition) is 1. The molecule has 26 heavy (non-hydrogen) atoms. The number of hydrogen-bond acceptors (Lipinski definition) is 4. The minimum atomic E-state index is -3.62. The lowest BCUT2D eigenvalue weighted by molar-refractivity contribution is -0.116. The quantitative estimate of drug-likeness (QED) is 0.841. The number of carbonyl (C=O) groups is 1. The van der Waals surface area contributed by atoms with Crippen LogP contribution in [0, 0.1) is 5.92 Å². The van der Waals surface area contributed by atoms with Crippen LogP contribution in [-0.2, 0) is 21.4 Å². The van der Waals surface area contributed by atoms with E-state index in [0.717, 1.165) is 12.8 Å². The number of benzene rings is 1. The number of rotatable bonds is 5. The van der Waals surface area contributed by atoms with Crippen LogP contribution in [0.2, 0.25) is 5.02 Å². The van der Waals surface area contributed by atoms with Crippen molar-refractivity contribution in [2.24, 2.45) is 5.92 Å². The molecule has 0 unspecified atom stereocenters. The van der Waals surface area contributed by atoms with Crippen molar-refractivity contribution in [1.29, 1.82) is 0 Å². The average Bonchev–Trinajstić information content (AvgIpc) is 3.06. The van der Waals surface area contributed by atoms with E-state index in [1.165, 1.54) is 21.4 Å². The number of carbonyl (C=O) groups excluding carboxylic acids is 1. The summed E-state index contributed by atoms with van der Waals surface area (Å²) in [7, 11) is -3.62. The van der Waals surface area contributed by atoms with Crippen LogP contribution in [0.4, 0.5) is 5.69 Å². The molecule has 0 spiro atoms. The fraction of sp³-hybridized carbons (Fsp3) is 0.412. The highest BCUT2D eigenvalue weighted by Crippen LogP contribution is 2.23. The van der Waals surface area contributed by atoms with Gasteiger partial charge in [-0.2, -0.15) is 4.31 Å². The van der Waals surface area contributed by atoms with Gasteiger partial charge in [0.05, 0.1) is 17.0 Å². The summed E-state index contributed by atoms with van der Waals surface area (Å²) in [6.07, 6.45) is 4.44. The van der Waals surface area contributed by atoms with Crippen LogP contribution in [0.3, 0.4) is 0 Å². The molecule has 0 radical (unpaired) electrons. The van der Waals surface area contributed by atoms with Crippen LogP contribution in [0.15, 0.2) is 41.8 Å². The standard InChI is InChI=1S/C17H21ClN4O3S/c1-13-6-8-22(9-7-13)26(24,25)17-11-21(12-19-17)10-16(23)20-15-5-3-2-4-14(15)18/h2-5,11-13H,6-10H2,1H3,(H,20,23). The molecule has 2 aromatic rings. The molecule has 9 heteroatoms. The summed E-state index contributed by atoms with van der Waals surface area (Å²) in [4.78, 5) is 16.1. The van der Waals surface area contributed by atoms with Crippen LogP contribution in [0.25, 0.3) is 0 Å². The Hall–Kier alpha value is -1.90. The van der Waals surface area contributed by atoms with Gasteiger partial charge >= 0.3 is 0 Å². The van der Waals surface area contributed by atoms with Gasteiger partial charge in [-0.3, -0.25) is 4.79 Å². The van der Waals surface area contributed by atoms with E-state index >= 15 is 0 Å². The molecule has 0 atom stereocenters. The van der Waals surface area contributed by atoms with E-state index in [1.54, 1.807) is 24.3 Å². The lowest BCUT2D eigenvalue weighted by Crippen LogP contribution is -2.38. The Bertz CT molecular complexity index is 889. The van der Waals surface area contributed by atoms with Gasteiger partial charge in [-0.05, 0) is 30.9 Å². The third-order valence-corrected chi connectivity index (χ3v) is 6.54. The summed E-state index contributed by atoms with van der Waals surface area (Å²) < 4.78 is 28.2. The van der Waals surface area contributed by atoms with E-state index < -0.39 is 10.0 Å². The average molecular weight is 397 g/mol. The van der Waals surface area contributed by atoms with Gasteiger partial charge in [-0.15, -0.1) is 0 Å². The Morgan fingerprint density at radius 1 is 1.31 bits per heavy atom. The fourth-order valence-electron chi connectivity index (χ4n) is 2.83. The molecule has 2 heterocycles. The van der Waals surface area contributed by atoms with Crippen molar-refractivity contribution >= 4 is 33.2 Å². The number of halogens is 1. The summed E-state index contributed by atoms with van der Waals surface area (Å²) in [5, 5.41) is 3.10. The first-order chi connectivity index (χ1) is 12.4. The molecule has 0 aliphatic carbocycles. The SMILES string of the molecule is CC1CCN(S(=O)(=O)c2cn(CC(=O)Nc3ccccc3Cl)cn2)CC1. The van der Waals surface area contributed by atoms with Gasteiger partial charge < -0.3 is 9.88 Å². The maximum Gasteiger partial charge on any atom is 0.262 e. The Morgan fingerprint density at radius 3 is 2.69 bits per heavy atom. The van der Waals surface area contributed by atoms with Gasteiger partial charge in [-0.1, -0.05) is 30.7 Å². The molecule has 1 aliphatic heterocycles. The Labute approximate surface area is 158 Å². The molecule has 3 rings (SSSR count). The Balaban J connectivity index is 1.66. The van der Waals surface area contributed by atoms with Gasteiger partial charge in [0.1, 0.15) is 6.54 Å². The maximum absolute atomic E-state index is 12.7. The zero-order chi connectivity index (χ0) is 18.7. The second-order valence-corrected chi connectivity index (χ2v) is 8.79. The zero-order valence-electron chi connectivity index (χ0n) is 14.4. The van der Waals surface area contributed by atoms with Gasteiger partial charge in [0.25, 0.3) is 10.0 Å². The molecule has 1 aromatic heterocycles. The molecule has 1 fully saturated rings. The van der Waals surface area contributed by atoms with E-state index in [0.29, 0.717) is 29.7 Å². The predicted molar refractivity (Wildman–Crippen MR) is 99.5 cm³/mol. The molecule has 1 amide bonds. The van der Waals surface area contributed by atoms with Crippen LogP contribution in [-0.4, -0.2) is 41.3 Å². The second-order valence-electron chi connectivity index (χ2n) is 6.50. The topological polar surface area (TPSA) is 84.3 Å². The molecule has 1 saturated heterocycles. The van der Waals surface area contributed by atoms with Crippen LogP contribution < -0.4 is 5.32 Å². The smallest absolute Gasteiger partial charge is 0.262 e. The first-order valence-corrected chi connectivity index (χ1v) is 10.2. The van der Waals surface area contributed by atoms with Crippen molar-refractivity contribution in [3.05, 3.63) is 41.8 Å². The number of amides is 1. The lowest BCUT2D eigenvalue weighted by atomic mass is 10.0. The Kier molecular flexibility index (Phi) is 5.64. The number of para-hydroxylation sites is 1. The summed E-state index contributed by atoms with van der Waals surface area (Å²) >= 11 is 6.01. The minimum Gasteiger partial charge on any atom is -0.327 e. The Morgan fingerprint density at radius 2 is 2.00 bits per heavy atom. The summed E-state index contributed by atoms with van der Waals surface area (Å²) in [6.45, 7) is 3.08. The van der Waals surface area contributed by atoms with Crippen molar-refractivity contribution in [2.45, 2.75) is 31.3 Å². The normalized spacial score (nSPS) is 16.5. The molecule has 0 bridgehead atoms. The molecule has 140 valence electrons. The fourth-order valence-corrected chi connectivity index (χ4v) is 4.42. The summed E-state index contributed by atoms with van der Waals surface area (Å²) in [5.41, 5.74) is 0.509. The third kappa shape index (κ3) is 4.25. The maximum atomic E-state index is 12.7. The molecule has 7 nitrogen and oxygen atoms in total. The number of imidazole rings is 1. The molecule has 0 saturated carbocycles. The molecule has 1 aliphatic rings. The van der Waals surface area contributed by atoms with E-state index in [2.05, 4.69) is 17.2 Å². The highest BCUT2D eigenvalue weighted by Gasteiger charge is 2.29. The first-order valence-electron chi connectivity index (χ1n) is 8.42. The van der Waals surface area contributed by atoms with Crippen LogP contribution in [0.1, 0.15) is 19.8 Å². The zero-order valence-corrected chi connectivity index (χ0v) is 16.0. The van der Waals surface area contributed by atoms with E-state index in [9.17, 15) is 13.2 Å².